The standard InChI is InChI=1S/C13H22N2O3S/c1-19-13(4-2-3-5-13)9-15-11(18)14-8-12(6-7-12)10(16)17/h2-9H2,1H3,(H,16,17)(H2,14,15,18). The Kier molecular flexibility index (Phi) is 4.28. The molecule has 0 radical (unpaired) electrons. The molecule has 0 aromatic rings. The molecule has 0 bridgehead atoms. The van der Waals surface area contributed by atoms with Gasteiger partial charge in [0, 0.05) is 17.8 Å². The summed E-state index contributed by atoms with van der Waals surface area (Å²) >= 11 is 1.83. The zero-order valence-electron chi connectivity index (χ0n) is 11.3. The summed E-state index contributed by atoms with van der Waals surface area (Å²) in [6.07, 6.45) is 8.17. The van der Waals surface area contributed by atoms with Gasteiger partial charge in [-0.25, -0.2) is 4.79 Å². The molecule has 19 heavy (non-hydrogen) atoms. The molecular formula is C13H22N2O3S. The first kappa shape index (κ1) is 14.5. The van der Waals surface area contributed by atoms with Gasteiger partial charge in [-0.1, -0.05) is 12.8 Å². The van der Waals surface area contributed by atoms with Crippen LogP contribution in [0.2, 0.25) is 0 Å². The zero-order chi connectivity index (χ0) is 13.9. The molecule has 0 aromatic carbocycles. The Balaban J connectivity index is 1.71. The molecule has 5 nitrogen and oxygen atoms in total. The largest absolute Gasteiger partial charge is 0.481 e. The second-order valence-electron chi connectivity index (χ2n) is 5.72. The Hall–Kier alpha value is -0.910. The minimum absolute atomic E-state index is 0.182. The maximum absolute atomic E-state index is 11.7. The van der Waals surface area contributed by atoms with Crippen LogP contribution >= 0.6 is 11.8 Å². The van der Waals surface area contributed by atoms with Gasteiger partial charge in [-0.05, 0) is 31.9 Å². The van der Waals surface area contributed by atoms with E-state index in [-0.39, 0.29) is 17.3 Å². The van der Waals surface area contributed by atoms with Crippen LogP contribution in [0.25, 0.3) is 0 Å². The third-order valence-corrected chi connectivity index (χ3v) is 5.83. The van der Waals surface area contributed by atoms with Gasteiger partial charge in [-0.2, -0.15) is 11.8 Å². The number of nitrogens with one attached hydrogen (secondary N) is 2. The lowest BCUT2D eigenvalue weighted by Gasteiger charge is -2.27. The van der Waals surface area contributed by atoms with Crippen LogP contribution in [0, 0.1) is 5.41 Å². The molecule has 0 spiro atoms. The van der Waals surface area contributed by atoms with Gasteiger partial charge in [0.05, 0.1) is 5.41 Å². The summed E-state index contributed by atoms with van der Waals surface area (Å²) in [6.45, 7) is 0.903. The maximum atomic E-state index is 11.7. The monoisotopic (exact) mass is 286 g/mol. The molecule has 2 saturated carbocycles. The lowest BCUT2D eigenvalue weighted by atomic mass is 10.1. The highest BCUT2D eigenvalue weighted by molar-refractivity contribution is 8.00. The first-order valence-corrected chi connectivity index (χ1v) is 8.05. The van der Waals surface area contributed by atoms with Crippen molar-refractivity contribution in [1.82, 2.24) is 10.6 Å². The summed E-state index contributed by atoms with van der Waals surface area (Å²) in [5.41, 5.74) is -0.693. The number of rotatable bonds is 6. The van der Waals surface area contributed by atoms with E-state index < -0.39 is 11.4 Å². The number of hydrogen-bond donors (Lipinski definition) is 3. The molecule has 6 heteroatoms. The van der Waals surface area contributed by atoms with Crippen molar-refractivity contribution < 1.29 is 14.7 Å². The van der Waals surface area contributed by atoms with Crippen molar-refractivity contribution in [1.29, 1.82) is 0 Å². The molecule has 2 fully saturated rings. The predicted molar refractivity (Wildman–Crippen MR) is 75.4 cm³/mol. The van der Waals surface area contributed by atoms with Crippen LogP contribution < -0.4 is 10.6 Å². The number of thioether (sulfide) groups is 1. The van der Waals surface area contributed by atoms with Crippen molar-refractivity contribution >= 4 is 23.8 Å². The summed E-state index contributed by atoms with van der Waals surface area (Å²) in [5, 5.41) is 14.6. The average molecular weight is 286 g/mol. The Labute approximate surface area is 117 Å². The number of carbonyl (C=O) groups excluding carboxylic acids is 1. The summed E-state index contributed by atoms with van der Waals surface area (Å²) in [4.78, 5) is 22.7. The normalized spacial score (nSPS) is 22.8. The Morgan fingerprint density at radius 3 is 2.16 bits per heavy atom. The zero-order valence-corrected chi connectivity index (χ0v) is 12.1. The highest BCUT2D eigenvalue weighted by atomic mass is 32.2. The van der Waals surface area contributed by atoms with Crippen LogP contribution in [0.4, 0.5) is 4.79 Å². The molecule has 2 aliphatic rings. The van der Waals surface area contributed by atoms with Gasteiger partial charge in [0.2, 0.25) is 0 Å². The van der Waals surface area contributed by atoms with Gasteiger partial charge in [-0.15, -0.1) is 0 Å². The van der Waals surface area contributed by atoms with Crippen LogP contribution in [0.3, 0.4) is 0 Å². The molecule has 0 unspecified atom stereocenters. The fraction of sp³-hybridized carbons (Fsp3) is 0.846. The topological polar surface area (TPSA) is 78.4 Å². The third kappa shape index (κ3) is 3.35. The van der Waals surface area contributed by atoms with Crippen LogP contribution in [-0.4, -0.2) is 41.2 Å². The molecule has 3 N–H and O–H groups in total. The van der Waals surface area contributed by atoms with Crippen LogP contribution in [0.15, 0.2) is 0 Å². The minimum Gasteiger partial charge on any atom is -0.481 e. The van der Waals surface area contributed by atoms with E-state index in [1.807, 2.05) is 11.8 Å². The smallest absolute Gasteiger partial charge is 0.314 e. The summed E-state index contributed by atoms with van der Waals surface area (Å²) < 4.78 is 0.182. The summed E-state index contributed by atoms with van der Waals surface area (Å²) in [7, 11) is 0. The number of aliphatic carboxylic acids is 1. The molecule has 0 aromatic heterocycles. The van der Waals surface area contributed by atoms with Crippen LogP contribution in [0.1, 0.15) is 38.5 Å². The lowest BCUT2D eigenvalue weighted by molar-refractivity contribution is -0.143. The van der Waals surface area contributed by atoms with Crippen molar-refractivity contribution in [3.05, 3.63) is 0 Å². The summed E-state index contributed by atoms with van der Waals surface area (Å²) in [5.74, 6) is -0.802. The van der Waals surface area contributed by atoms with Crippen molar-refractivity contribution in [2.75, 3.05) is 19.3 Å². The number of carbonyl (C=O) groups is 2. The van der Waals surface area contributed by atoms with E-state index in [1.54, 1.807) is 0 Å². The van der Waals surface area contributed by atoms with E-state index in [0.717, 1.165) is 12.8 Å². The van der Waals surface area contributed by atoms with Crippen LogP contribution in [0.5, 0.6) is 0 Å². The molecule has 2 aliphatic carbocycles. The molecule has 0 heterocycles. The van der Waals surface area contributed by atoms with E-state index in [9.17, 15) is 9.59 Å². The first-order valence-electron chi connectivity index (χ1n) is 6.82. The predicted octanol–water partition coefficient (Wildman–Crippen LogP) is 1.83. The van der Waals surface area contributed by atoms with Gasteiger partial charge < -0.3 is 15.7 Å². The number of carboxylic acid groups (broad SMARTS) is 1. The molecule has 0 atom stereocenters. The first-order chi connectivity index (χ1) is 9.02. The van der Waals surface area contributed by atoms with E-state index in [0.29, 0.717) is 19.4 Å². The van der Waals surface area contributed by atoms with E-state index in [1.165, 1.54) is 12.8 Å². The maximum Gasteiger partial charge on any atom is 0.314 e. The number of amides is 2. The molecule has 2 rings (SSSR count). The van der Waals surface area contributed by atoms with Crippen molar-refractivity contribution in [3.8, 4) is 0 Å². The molecule has 108 valence electrons. The number of hydrogen-bond acceptors (Lipinski definition) is 3. The van der Waals surface area contributed by atoms with Gasteiger partial charge in [0.15, 0.2) is 0 Å². The second kappa shape index (κ2) is 5.61. The third-order valence-electron chi connectivity index (χ3n) is 4.41. The fourth-order valence-electron chi connectivity index (χ4n) is 2.64. The molecule has 0 aliphatic heterocycles. The molecule has 0 saturated heterocycles. The minimum atomic E-state index is -0.802. The van der Waals surface area contributed by atoms with Gasteiger partial charge in [0.25, 0.3) is 0 Å². The molecular weight excluding hydrogens is 264 g/mol. The second-order valence-corrected chi connectivity index (χ2v) is 6.99. The van der Waals surface area contributed by atoms with Crippen molar-refractivity contribution in [2.45, 2.75) is 43.3 Å². The average Bonchev–Trinajstić information content (AvgIpc) is 3.06. The Bertz CT molecular complexity index is 363. The SMILES string of the molecule is CSC1(CNC(=O)NCC2(C(=O)O)CC2)CCCC1. The fourth-order valence-corrected chi connectivity index (χ4v) is 3.56. The van der Waals surface area contributed by atoms with Crippen molar-refractivity contribution in [3.63, 3.8) is 0 Å². The Morgan fingerprint density at radius 2 is 1.68 bits per heavy atom. The van der Waals surface area contributed by atoms with Gasteiger partial charge >= 0.3 is 12.0 Å². The van der Waals surface area contributed by atoms with Gasteiger partial charge in [-0.3, -0.25) is 4.79 Å². The van der Waals surface area contributed by atoms with E-state index in [2.05, 4.69) is 16.9 Å². The highest BCUT2D eigenvalue weighted by Gasteiger charge is 2.50. The molecule has 2 amide bonds. The quantitative estimate of drug-likeness (QED) is 0.696. The number of urea groups is 1. The van der Waals surface area contributed by atoms with Crippen molar-refractivity contribution in [2.24, 2.45) is 5.41 Å². The van der Waals surface area contributed by atoms with Crippen LogP contribution in [-0.2, 0) is 4.79 Å². The van der Waals surface area contributed by atoms with Gasteiger partial charge in [0.1, 0.15) is 0 Å². The number of carboxylic acids is 1. The lowest BCUT2D eigenvalue weighted by Crippen LogP contribution is -2.45. The Morgan fingerprint density at radius 1 is 1.11 bits per heavy atom. The van der Waals surface area contributed by atoms with E-state index >= 15 is 0 Å². The van der Waals surface area contributed by atoms with E-state index in [4.69, 9.17) is 5.11 Å². The highest BCUT2D eigenvalue weighted by Crippen LogP contribution is 2.45. The summed E-state index contributed by atoms with van der Waals surface area (Å²) in [6, 6.07) is -0.243.